The van der Waals surface area contributed by atoms with E-state index in [0.717, 1.165) is 26.1 Å². The highest BCUT2D eigenvalue weighted by molar-refractivity contribution is 5.92. The number of nitrogens with zero attached hydrogens (tertiary/aromatic N) is 5. The highest BCUT2D eigenvalue weighted by atomic mass is 16.5. The first-order valence-corrected chi connectivity index (χ1v) is 8.61. The Hall–Kier alpha value is -2.38. The number of pyridine rings is 1. The fraction of sp³-hybridized carbons (Fsp3) is 0.444. The maximum atomic E-state index is 12.7. The van der Waals surface area contributed by atoms with Gasteiger partial charge in [-0.1, -0.05) is 6.07 Å². The van der Waals surface area contributed by atoms with E-state index in [-0.39, 0.29) is 18.1 Å². The SMILES string of the molecule is O=C(c1cnccn1)N1CC[C@@H]2OCCN(Cc3cccnc3)[C@H]2C1. The summed E-state index contributed by atoms with van der Waals surface area (Å²) < 4.78 is 5.96. The Balaban J connectivity index is 1.48. The van der Waals surface area contributed by atoms with Crippen LogP contribution in [0, 0.1) is 0 Å². The summed E-state index contributed by atoms with van der Waals surface area (Å²) in [4.78, 5) is 29.3. The quantitative estimate of drug-likeness (QED) is 0.830. The van der Waals surface area contributed by atoms with Crippen LogP contribution in [0.15, 0.2) is 43.1 Å². The van der Waals surface area contributed by atoms with Crippen molar-refractivity contribution in [1.29, 1.82) is 0 Å². The van der Waals surface area contributed by atoms with Gasteiger partial charge in [-0.3, -0.25) is 19.7 Å². The first kappa shape index (κ1) is 16.1. The monoisotopic (exact) mass is 339 g/mol. The Morgan fingerprint density at radius 2 is 2.12 bits per heavy atom. The molecule has 2 aromatic rings. The number of likely N-dealkylation sites (tertiary alicyclic amines) is 1. The Kier molecular flexibility index (Phi) is 4.67. The molecule has 0 aromatic carbocycles. The molecule has 0 unspecified atom stereocenters. The molecule has 2 atom stereocenters. The molecule has 0 N–H and O–H groups in total. The maximum absolute atomic E-state index is 12.7. The third kappa shape index (κ3) is 3.52. The largest absolute Gasteiger partial charge is 0.375 e. The zero-order chi connectivity index (χ0) is 17.1. The van der Waals surface area contributed by atoms with Gasteiger partial charge in [0, 0.05) is 51.0 Å². The Morgan fingerprint density at radius 3 is 2.92 bits per heavy atom. The van der Waals surface area contributed by atoms with Crippen LogP contribution in [0.1, 0.15) is 22.5 Å². The summed E-state index contributed by atoms with van der Waals surface area (Å²) in [6.45, 7) is 3.77. The van der Waals surface area contributed by atoms with E-state index in [9.17, 15) is 4.79 Å². The summed E-state index contributed by atoms with van der Waals surface area (Å²) in [5.41, 5.74) is 1.58. The van der Waals surface area contributed by atoms with Crippen molar-refractivity contribution in [2.75, 3.05) is 26.2 Å². The van der Waals surface area contributed by atoms with E-state index in [1.165, 1.54) is 11.8 Å². The van der Waals surface area contributed by atoms with Crippen molar-refractivity contribution in [1.82, 2.24) is 24.8 Å². The first-order valence-electron chi connectivity index (χ1n) is 8.61. The third-order valence-corrected chi connectivity index (χ3v) is 4.88. The van der Waals surface area contributed by atoms with Gasteiger partial charge in [-0.15, -0.1) is 0 Å². The van der Waals surface area contributed by atoms with Crippen molar-refractivity contribution in [2.24, 2.45) is 0 Å². The molecule has 2 aliphatic heterocycles. The summed E-state index contributed by atoms with van der Waals surface area (Å²) in [5, 5.41) is 0. The summed E-state index contributed by atoms with van der Waals surface area (Å²) in [6, 6.07) is 4.24. The van der Waals surface area contributed by atoms with Gasteiger partial charge in [-0.25, -0.2) is 4.98 Å². The smallest absolute Gasteiger partial charge is 0.274 e. The molecule has 4 heterocycles. The molecule has 7 heteroatoms. The van der Waals surface area contributed by atoms with E-state index >= 15 is 0 Å². The number of hydrogen-bond donors (Lipinski definition) is 0. The lowest BCUT2D eigenvalue weighted by atomic mass is 9.98. The van der Waals surface area contributed by atoms with Gasteiger partial charge >= 0.3 is 0 Å². The maximum Gasteiger partial charge on any atom is 0.274 e. The predicted molar refractivity (Wildman–Crippen MR) is 90.7 cm³/mol. The molecule has 130 valence electrons. The van der Waals surface area contributed by atoms with Crippen molar-refractivity contribution in [3.63, 3.8) is 0 Å². The van der Waals surface area contributed by atoms with Crippen LogP contribution in [0.2, 0.25) is 0 Å². The van der Waals surface area contributed by atoms with Crippen molar-refractivity contribution >= 4 is 5.91 Å². The fourth-order valence-corrected chi connectivity index (χ4v) is 3.62. The highest BCUT2D eigenvalue weighted by Gasteiger charge is 2.38. The normalized spacial score (nSPS) is 23.9. The molecule has 0 radical (unpaired) electrons. The number of fused-ring (bicyclic) bond motifs is 1. The van der Waals surface area contributed by atoms with Crippen LogP contribution in [0.4, 0.5) is 0 Å². The van der Waals surface area contributed by atoms with Gasteiger partial charge in [0.25, 0.3) is 5.91 Å². The second-order valence-corrected chi connectivity index (χ2v) is 6.44. The molecule has 2 aromatic heterocycles. The molecule has 4 rings (SSSR count). The van der Waals surface area contributed by atoms with E-state index < -0.39 is 0 Å². The van der Waals surface area contributed by atoms with Crippen molar-refractivity contribution in [3.8, 4) is 0 Å². The van der Waals surface area contributed by atoms with Crippen LogP contribution < -0.4 is 0 Å². The van der Waals surface area contributed by atoms with E-state index in [1.807, 2.05) is 17.2 Å². The number of rotatable bonds is 3. The second-order valence-electron chi connectivity index (χ2n) is 6.44. The number of piperidine rings is 1. The molecule has 2 aliphatic rings. The number of hydrogen-bond acceptors (Lipinski definition) is 6. The van der Waals surface area contributed by atoms with Crippen LogP contribution in [-0.2, 0) is 11.3 Å². The van der Waals surface area contributed by atoms with Crippen LogP contribution in [0.25, 0.3) is 0 Å². The Morgan fingerprint density at radius 1 is 1.20 bits per heavy atom. The van der Waals surface area contributed by atoms with E-state index in [0.29, 0.717) is 18.8 Å². The van der Waals surface area contributed by atoms with Gasteiger partial charge < -0.3 is 9.64 Å². The first-order chi connectivity index (χ1) is 12.3. The van der Waals surface area contributed by atoms with E-state index in [1.54, 1.807) is 18.6 Å². The van der Waals surface area contributed by atoms with E-state index in [2.05, 4.69) is 25.9 Å². The predicted octanol–water partition coefficient (Wildman–Crippen LogP) is 0.987. The zero-order valence-electron chi connectivity index (χ0n) is 14.0. The number of carbonyl (C=O) groups excluding carboxylic acids is 1. The van der Waals surface area contributed by atoms with Crippen LogP contribution >= 0.6 is 0 Å². The number of carbonyl (C=O) groups is 1. The minimum Gasteiger partial charge on any atom is -0.375 e. The third-order valence-electron chi connectivity index (χ3n) is 4.88. The van der Waals surface area contributed by atoms with Gasteiger partial charge in [0.1, 0.15) is 5.69 Å². The van der Waals surface area contributed by atoms with Gasteiger partial charge in [0.2, 0.25) is 0 Å². The molecule has 7 nitrogen and oxygen atoms in total. The summed E-state index contributed by atoms with van der Waals surface area (Å²) in [5.74, 6) is -0.0570. The van der Waals surface area contributed by atoms with Crippen LogP contribution in [-0.4, -0.2) is 69.0 Å². The lowest BCUT2D eigenvalue weighted by molar-refractivity contribution is -0.101. The number of amides is 1. The van der Waals surface area contributed by atoms with Gasteiger partial charge in [-0.05, 0) is 18.1 Å². The molecule has 2 fully saturated rings. The summed E-state index contributed by atoms with van der Waals surface area (Å²) in [6.07, 6.45) is 9.37. The highest BCUT2D eigenvalue weighted by Crippen LogP contribution is 2.25. The van der Waals surface area contributed by atoms with Gasteiger partial charge in [-0.2, -0.15) is 0 Å². The lowest BCUT2D eigenvalue weighted by Crippen LogP contribution is -2.60. The zero-order valence-corrected chi connectivity index (χ0v) is 14.0. The topological polar surface area (TPSA) is 71.5 Å². The van der Waals surface area contributed by atoms with Crippen molar-refractivity contribution in [3.05, 3.63) is 54.4 Å². The number of aromatic nitrogens is 3. The molecular weight excluding hydrogens is 318 g/mol. The molecule has 0 aliphatic carbocycles. The minimum atomic E-state index is -0.0570. The van der Waals surface area contributed by atoms with Crippen LogP contribution in [0.3, 0.4) is 0 Å². The minimum absolute atomic E-state index is 0.0570. The molecule has 0 saturated carbocycles. The number of morpholine rings is 1. The van der Waals surface area contributed by atoms with Crippen LogP contribution in [0.5, 0.6) is 0 Å². The second kappa shape index (κ2) is 7.25. The van der Waals surface area contributed by atoms with Gasteiger partial charge in [0.05, 0.1) is 24.9 Å². The molecular formula is C18H21N5O2. The summed E-state index contributed by atoms with van der Waals surface area (Å²) in [7, 11) is 0. The molecule has 1 amide bonds. The molecule has 0 spiro atoms. The van der Waals surface area contributed by atoms with E-state index in [4.69, 9.17) is 4.74 Å². The standard InChI is InChI=1S/C18H21N5O2/c24-18(15-11-20-5-6-21-15)23-7-3-17-16(13-23)22(8-9-25-17)12-14-2-1-4-19-10-14/h1-2,4-6,10-11,16-17H,3,7-9,12-13H2/t16-,17-/m0/s1. The Labute approximate surface area is 146 Å². The average Bonchev–Trinajstić information content (AvgIpc) is 2.69. The van der Waals surface area contributed by atoms with Crippen molar-refractivity contribution in [2.45, 2.75) is 25.1 Å². The van der Waals surface area contributed by atoms with Crippen molar-refractivity contribution < 1.29 is 9.53 Å². The fourth-order valence-electron chi connectivity index (χ4n) is 3.62. The molecule has 25 heavy (non-hydrogen) atoms. The number of ether oxygens (including phenoxy) is 1. The Bertz CT molecular complexity index is 712. The molecule has 0 bridgehead atoms. The average molecular weight is 339 g/mol. The lowest BCUT2D eigenvalue weighted by Gasteiger charge is -2.47. The van der Waals surface area contributed by atoms with Gasteiger partial charge in [0.15, 0.2) is 0 Å². The molecule has 2 saturated heterocycles. The summed E-state index contributed by atoms with van der Waals surface area (Å²) >= 11 is 0.